The highest BCUT2D eigenvalue weighted by Crippen LogP contribution is 2.22. The number of carboxylic acid groups (broad SMARTS) is 1. The summed E-state index contributed by atoms with van der Waals surface area (Å²) < 4.78 is 1.57. The van der Waals surface area contributed by atoms with Gasteiger partial charge >= 0.3 is 5.97 Å². The molecule has 2 heterocycles. The summed E-state index contributed by atoms with van der Waals surface area (Å²) in [4.78, 5) is 15.1. The molecule has 0 atom stereocenters. The highest BCUT2D eigenvalue weighted by atomic mass is 16.4. The van der Waals surface area contributed by atoms with Gasteiger partial charge in [0.15, 0.2) is 5.82 Å². The fraction of sp³-hybridized carbons (Fsp3) is 0.235. The van der Waals surface area contributed by atoms with Gasteiger partial charge in [-0.3, -0.25) is 4.98 Å². The number of carbonyl (C=O) groups is 1. The monoisotopic (exact) mass is 314 g/mol. The summed E-state index contributed by atoms with van der Waals surface area (Å²) in [5, 5.41) is 16.4. The lowest BCUT2D eigenvalue weighted by molar-refractivity contribution is 0.0698. The second-order valence-electron chi connectivity index (χ2n) is 4.86. The van der Waals surface area contributed by atoms with E-state index >= 15 is 0 Å². The lowest BCUT2D eigenvalue weighted by atomic mass is 10.2. The van der Waals surface area contributed by atoms with Gasteiger partial charge in [0, 0.05) is 18.0 Å². The number of nitrogens with zero attached hydrogens (tertiary/aromatic N) is 3. The molecule has 0 aliphatic carbocycles. The second kappa shape index (κ2) is 8.53. The molecule has 0 aliphatic heterocycles. The molecule has 122 valence electrons. The van der Waals surface area contributed by atoms with E-state index in [1.807, 2.05) is 6.92 Å². The van der Waals surface area contributed by atoms with E-state index in [0.717, 1.165) is 5.56 Å². The predicted molar refractivity (Wildman–Crippen MR) is 92.9 cm³/mol. The van der Waals surface area contributed by atoms with Gasteiger partial charge in [-0.2, -0.15) is 0 Å². The summed E-state index contributed by atoms with van der Waals surface area (Å²) in [6.07, 6.45) is 7.50. The highest BCUT2D eigenvalue weighted by molar-refractivity contribution is 5.94. The number of nitrogens with one attached hydrogen (secondary N) is 1. The molecule has 2 aromatic rings. The maximum absolute atomic E-state index is 11.1. The number of rotatable bonds is 5. The van der Waals surface area contributed by atoms with E-state index in [4.69, 9.17) is 5.11 Å². The number of allylic oxidation sites excluding steroid dienone is 2. The molecular formula is C17H22N4O2. The molecule has 0 radical (unpaired) electrons. The molecule has 0 spiro atoms. The van der Waals surface area contributed by atoms with E-state index in [2.05, 4.69) is 42.4 Å². The van der Waals surface area contributed by atoms with Crippen LogP contribution < -0.4 is 5.32 Å². The van der Waals surface area contributed by atoms with Gasteiger partial charge in [-0.25, -0.2) is 9.48 Å². The summed E-state index contributed by atoms with van der Waals surface area (Å²) in [6.45, 7) is 13.5. The topological polar surface area (TPSA) is 80.0 Å². The molecule has 2 aromatic heterocycles. The fourth-order valence-corrected chi connectivity index (χ4v) is 1.63. The minimum atomic E-state index is -1.03. The van der Waals surface area contributed by atoms with Crippen LogP contribution >= 0.6 is 0 Å². The Morgan fingerprint density at radius 1 is 1.48 bits per heavy atom. The van der Waals surface area contributed by atoms with Crippen LogP contribution in [0.25, 0.3) is 5.70 Å². The molecule has 2 rings (SSSR count). The molecular weight excluding hydrogens is 292 g/mol. The number of aryl methyl sites for hydroxylation is 1. The van der Waals surface area contributed by atoms with E-state index < -0.39 is 5.97 Å². The predicted octanol–water partition coefficient (Wildman–Crippen LogP) is 4.10. The van der Waals surface area contributed by atoms with Gasteiger partial charge < -0.3 is 10.4 Å². The lowest BCUT2D eigenvalue weighted by Crippen LogP contribution is -2.04. The highest BCUT2D eigenvalue weighted by Gasteiger charge is 2.12. The summed E-state index contributed by atoms with van der Waals surface area (Å²) in [5.74, 6) is -0.481. The van der Waals surface area contributed by atoms with Crippen LogP contribution in [0, 0.1) is 6.92 Å². The molecule has 0 saturated carbocycles. The van der Waals surface area contributed by atoms with Crippen molar-refractivity contribution in [3.63, 3.8) is 0 Å². The summed E-state index contributed by atoms with van der Waals surface area (Å²) in [7, 11) is 0. The van der Waals surface area contributed by atoms with Gasteiger partial charge in [-0.1, -0.05) is 33.4 Å². The van der Waals surface area contributed by atoms with Crippen molar-refractivity contribution in [2.75, 3.05) is 5.32 Å². The fourth-order valence-electron chi connectivity index (χ4n) is 1.63. The van der Waals surface area contributed by atoms with Crippen LogP contribution in [-0.4, -0.2) is 25.8 Å². The maximum atomic E-state index is 11.1. The van der Waals surface area contributed by atoms with Crippen LogP contribution in [0.3, 0.4) is 0 Å². The second-order valence-corrected chi connectivity index (χ2v) is 4.86. The van der Waals surface area contributed by atoms with Gasteiger partial charge in [0.25, 0.3) is 0 Å². The molecule has 0 unspecified atom stereocenters. The standard InChI is InChI=1S/C14H14N4O2.C3H8/c1-4-10(3)18-8-9(2)13(17-18)16-12-7-15-6-5-11(12)14(19)20;1-3-2/h4-8H,1,3H2,2H3,(H,16,17)(H,19,20);3H2,1-2H3. The average Bonchev–Trinajstić information content (AvgIpc) is 2.88. The molecule has 0 bridgehead atoms. The molecule has 0 aromatic carbocycles. The van der Waals surface area contributed by atoms with Crippen molar-refractivity contribution in [1.82, 2.24) is 14.8 Å². The van der Waals surface area contributed by atoms with Crippen molar-refractivity contribution in [2.24, 2.45) is 0 Å². The van der Waals surface area contributed by atoms with Crippen molar-refractivity contribution in [2.45, 2.75) is 27.2 Å². The van der Waals surface area contributed by atoms with Crippen LogP contribution in [0.4, 0.5) is 11.5 Å². The number of pyridine rings is 1. The van der Waals surface area contributed by atoms with Crippen LogP contribution in [0.5, 0.6) is 0 Å². The van der Waals surface area contributed by atoms with Crippen LogP contribution in [0.15, 0.2) is 43.9 Å². The van der Waals surface area contributed by atoms with Crippen molar-refractivity contribution in [3.8, 4) is 0 Å². The molecule has 0 aliphatic rings. The van der Waals surface area contributed by atoms with Crippen molar-refractivity contribution in [3.05, 3.63) is 55.0 Å². The van der Waals surface area contributed by atoms with Gasteiger partial charge in [-0.15, -0.1) is 5.10 Å². The van der Waals surface area contributed by atoms with Gasteiger partial charge in [0.1, 0.15) is 0 Å². The Labute approximate surface area is 136 Å². The van der Waals surface area contributed by atoms with E-state index in [1.165, 1.54) is 24.9 Å². The average molecular weight is 314 g/mol. The summed E-state index contributed by atoms with van der Waals surface area (Å²) in [6, 6.07) is 1.43. The Morgan fingerprint density at radius 2 is 2.13 bits per heavy atom. The minimum Gasteiger partial charge on any atom is -0.478 e. The first-order valence-corrected chi connectivity index (χ1v) is 7.26. The molecule has 2 N–H and O–H groups in total. The number of aromatic carboxylic acids is 1. The van der Waals surface area contributed by atoms with Crippen molar-refractivity contribution < 1.29 is 9.90 Å². The lowest BCUT2D eigenvalue weighted by Gasteiger charge is -2.07. The zero-order chi connectivity index (χ0) is 17.4. The zero-order valence-corrected chi connectivity index (χ0v) is 13.7. The molecule has 6 heteroatoms. The van der Waals surface area contributed by atoms with Crippen LogP contribution in [0.2, 0.25) is 0 Å². The Hall–Kier alpha value is -2.89. The number of hydrogen-bond acceptors (Lipinski definition) is 4. The third-order valence-electron chi connectivity index (χ3n) is 2.73. The van der Waals surface area contributed by atoms with Crippen LogP contribution in [-0.2, 0) is 0 Å². The maximum Gasteiger partial charge on any atom is 0.337 e. The smallest absolute Gasteiger partial charge is 0.337 e. The Balaban J connectivity index is 0.000000816. The molecule has 0 saturated heterocycles. The quantitative estimate of drug-likeness (QED) is 0.812. The molecule has 6 nitrogen and oxygen atoms in total. The van der Waals surface area contributed by atoms with E-state index in [-0.39, 0.29) is 5.56 Å². The minimum absolute atomic E-state index is 0.136. The first-order chi connectivity index (χ1) is 10.9. The van der Waals surface area contributed by atoms with Gasteiger partial charge in [0.05, 0.1) is 23.1 Å². The number of carboxylic acids is 1. The number of aromatic nitrogens is 3. The normalized spacial score (nSPS) is 9.52. The Bertz CT molecular complexity index is 704. The van der Waals surface area contributed by atoms with E-state index in [0.29, 0.717) is 17.2 Å². The third-order valence-corrected chi connectivity index (χ3v) is 2.73. The largest absolute Gasteiger partial charge is 0.478 e. The molecule has 23 heavy (non-hydrogen) atoms. The molecule has 0 fully saturated rings. The summed E-state index contributed by atoms with van der Waals surface area (Å²) in [5.41, 5.74) is 2.01. The molecule has 0 amide bonds. The van der Waals surface area contributed by atoms with Crippen LogP contribution in [0.1, 0.15) is 36.2 Å². The van der Waals surface area contributed by atoms with E-state index in [9.17, 15) is 4.79 Å². The Morgan fingerprint density at radius 3 is 2.70 bits per heavy atom. The third kappa shape index (κ3) is 4.81. The van der Waals surface area contributed by atoms with E-state index in [1.54, 1.807) is 17.0 Å². The van der Waals surface area contributed by atoms with Crippen molar-refractivity contribution >= 4 is 23.2 Å². The Kier molecular flexibility index (Phi) is 6.73. The first kappa shape index (κ1) is 18.2. The van der Waals surface area contributed by atoms with Gasteiger partial charge in [0.2, 0.25) is 0 Å². The number of hydrogen-bond donors (Lipinski definition) is 2. The zero-order valence-electron chi connectivity index (χ0n) is 13.7. The first-order valence-electron chi connectivity index (χ1n) is 7.26. The number of anilines is 2. The summed E-state index contributed by atoms with van der Waals surface area (Å²) >= 11 is 0. The van der Waals surface area contributed by atoms with Gasteiger partial charge in [-0.05, 0) is 19.1 Å². The van der Waals surface area contributed by atoms with Crippen molar-refractivity contribution in [1.29, 1.82) is 0 Å². The SMILES string of the molecule is C=CC(=C)n1cc(C)c(Nc2cnccc2C(=O)O)n1.CCC.